The van der Waals surface area contributed by atoms with Crippen molar-refractivity contribution < 1.29 is 19.4 Å². The molecule has 4 heteroatoms. The summed E-state index contributed by atoms with van der Waals surface area (Å²) in [5, 5.41) is 9.19. The number of carboxylic acid groups (broad SMARTS) is 1. The molecule has 0 bridgehead atoms. The third-order valence-corrected chi connectivity index (χ3v) is 12.2. The minimum atomic E-state index is -0.803. The molecule has 202 valence electrons. The molecule has 0 spiro atoms. The maximum absolute atomic E-state index is 11.8. The average Bonchev–Trinajstić information content (AvgIpc) is 3.07. The lowest BCUT2D eigenvalue weighted by Crippen LogP contribution is -2.58. The molecule has 3 fully saturated rings. The molecule has 0 aromatic carbocycles. The molecule has 0 aromatic heterocycles. The van der Waals surface area contributed by atoms with Gasteiger partial charge in [0, 0.05) is 17.9 Å². The summed E-state index contributed by atoms with van der Waals surface area (Å²) in [6, 6.07) is 0. The van der Waals surface area contributed by atoms with E-state index in [9.17, 15) is 14.7 Å². The van der Waals surface area contributed by atoms with Gasteiger partial charge in [-0.15, -0.1) is 0 Å². The normalized spacial score (nSPS) is 42.4. The molecular weight excluding hydrogens is 448 g/mol. The van der Waals surface area contributed by atoms with Gasteiger partial charge in [-0.3, -0.25) is 4.79 Å². The van der Waals surface area contributed by atoms with Crippen LogP contribution >= 0.6 is 0 Å². The summed E-state index contributed by atoms with van der Waals surface area (Å²) in [6.45, 7) is 18.0. The lowest BCUT2D eigenvalue weighted by atomic mass is 9.41. The molecule has 0 amide bonds. The number of allylic oxidation sites excluding steroid dienone is 3. The molecule has 0 aromatic rings. The number of fused-ring (bicyclic) bond motifs is 5. The molecule has 0 radical (unpaired) electrons. The van der Waals surface area contributed by atoms with E-state index in [0.29, 0.717) is 34.7 Å². The first-order chi connectivity index (χ1) is 16.7. The van der Waals surface area contributed by atoms with E-state index >= 15 is 0 Å². The van der Waals surface area contributed by atoms with Gasteiger partial charge in [-0.05, 0) is 105 Å². The van der Waals surface area contributed by atoms with Gasteiger partial charge in [0.1, 0.15) is 6.10 Å². The molecule has 4 aliphatic rings. The molecular formula is C32H50O4. The minimum absolute atomic E-state index is 0.0167. The quantitative estimate of drug-likeness (QED) is 0.229. The predicted molar refractivity (Wildman–Crippen MR) is 144 cm³/mol. The van der Waals surface area contributed by atoms with Crippen LogP contribution in [0.25, 0.3) is 0 Å². The molecule has 3 saturated carbocycles. The van der Waals surface area contributed by atoms with E-state index in [1.54, 1.807) is 19.4 Å². The lowest BCUT2D eigenvalue weighted by Gasteiger charge is -2.64. The van der Waals surface area contributed by atoms with Crippen LogP contribution in [0.5, 0.6) is 0 Å². The van der Waals surface area contributed by atoms with Crippen LogP contribution in [0.2, 0.25) is 0 Å². The van der Waals surface area contributed by atoms with E-state index in [4.69, 9.17) is 4.74 Å². The zero-order chi connectivity index (χ0) is 26.7. The fraction of sp³-hybridized carbons (Fsp3) is 0.812. The Morgan fingerprint density at radius 1 is 1.08 bits per heavy atom. The molecule has 36 heavy (non-hydrogen) atoms. The number of carbonyl (C=O) groups is 2. The van der Waals surface area contributed by atoms with Crippen LogP contribution in [0, 0.1) is 45.3 Å². The number of rotatable bonds is 6. The summed E-state index contributed by atoms with van der Waals surface area (Å²) in [6.07, 6.45) is 14.8. The van der Waals surface area contributed by atoms with Crippen molar-refractivity contribution in [2.75, 3.05) is 0 Å². The van der Waals surface area contributed by atoms with Gasteiger partial charge in [-0.25, -0.2) is 4.79 Å². The Balaban J connectivity index is 1.57. The van der Waals surface area contributed by atoms with Gasteiger partial charge in [0.2, 0.25) is 0 Å². The van der Waals surface area contributed by atoms with E-state index < -0.39 is 5.97 Å². The van der Waals surface area contributed by atoms with Crippen LogP contribution in [0.3, 0.4) is 0 Å². The number of ether oxygens (including phenoxy) is 1. The molecule has 0 heterocycles. The molecule has 1 unspecified atom stereocenters. The topological polar surface area (TPSA) is 63.6 Å². The maximum Gasteiger partial charge on any atom is 0.330 e. The van der Waals surface area contributed by atoms with Crippen LogP contribution in [-0.2, 0) is 14.3 Å². The van der Waals surface area contributed by atoms with E-state index in [1.807, 2.05) is 6.08 Å². The second-order valence-electron chi connectivity index (χ2n) is 14.1. The van der Waals surface area contributed by atoms with Gasteiger partial charge >= 0.3 is 11.9 Å². The highest BCUT2D eigenvalue weighted by Crippen LogP contribution is 2.73. The van der Waals surface area contributed by atoms with Gasteiger partial charge in [0.05, 0.1) is 0 Å². The van der Waals surface area contributed by atoms with Gasteiger partial charge in [0.15, 0.2) is 0 Å². The van der Waals surface area contributed by atoms with Crippen molar-refractivity contribution in [2.24, 2.45) is 45.3 Å². The Morgan fingerprint density at radius 3 is 2.42 bits per heavy atom. The van der Waals surface area contributed by atoms with Gasteiger partial charge < -0.3 is 9.84 Å². The van der Waals surface area contributed by atoms with E-state index in [1.165, 1.54) is 25.7 Å². The van der Waals surface area contributed by atoms with Crippen LogP contribution < -0.4 is 0 Å². The molecule has 0 saturated heterocycles. The Bertz CT molecular complexity index is 959. The third-order valence-electron chi connectivity index (χ3n) is 12.2. The van der Waals surface area contributed by atoms with Crippen LogP contribution in [-0.4, -0.2) is 23.1 Å². The number of carboxylic acids is 1. The van der Waals surface area contributed by atoms with Gasteiger partial charge in [-0.2, -0.15) is 0 Å². The summed E-state index contributed by atoms with van der Waals surface area (Å²) < 4.78 is 5.85. The molecule has 8 atom stereocenters. The summed E-state index contributed by atoms with van der Waals surface area (Å²) in [5.41, 5.74) is 2.99. The van der Waals surface area contributed by atoms with Crippen LogP contribution in [0.15, 0.2) is 23.3 Å². The summed E-state index contributed by atoms with van der Waals surface area (Å²) in [4.78, 5) is 23.0. The Morgan fingerprint density at radius 2 is 1.78 bits per heavy atom. The van der Waals surface area contributed by atoms with Crippen LogP contribution in [0.4, 0.5) is 0 Å². The summed E-state index contributed by atoms with van der Waals surface area (Å²) in [7, 11) is 0. The van der Waals surface area contributed by atoms with Crippen molar-refractivity contribution in [1.29, 1.82) is 0 Å². The van der Waals surface area contributed by atoms with Crippen molar-refractivity contribution in [3.8, 4) is 0 Å². The Labute approximate surface area is 219 Å². The maximum atomic E-state index is 11.8. The van der Waals surface area contributed by atoms with Crippen LogP contribution in [0.1, 0.15) is 113 Å². The van der Waals surface area contributed by atoms with Crippen molar-refractivity contribution in [3.05, 3.63) is 23.3 Å². The number of carbonyl (C=O) groups excluding carboxylic acids is 1. The fourth-order valence-corrected chi connectivity index (χ4v) is 9.90. The molecule has 1 N–H and O–H groups in total. The van der Waals surface area contributed by atoms with E-state index in [-0.39, 0.29) is 28.3 Å². The first kappa shape index (κ1) is 27.5. The Kier molecular flexibility index (Phi) is 7.10. The monoisotopic (exact) mass is 498 g/mol. The summed E-state index contributed by atoms with van der Waals surface area (Å²) >= 11 is 0. The smallest absolute Gasteiger partial charge is 0.330 e. The summed E-state index contributed by atoms with van der Waals surface area (Å²) in [5.74, 6) is 1.49. The van der Waals surface area contributed by atoms with Crippen molar-refractivity contribution in [2.45, 2.75) is 119 Å². The SMILES string of the molecule is CC(=O)OC1CC[C@]2(C)[C@H]3CC[C@@]4(C)[C@H]([C@@H](C)CC/C=C(/C)C(=O)O)CC[C@]4(C)C3=CC[C@H]2C1(C)C. The molecule has 4 aliphatic carbocycles. The van der Waals surface area contributed by atoms with Crippen molar-refractivity contribution in [3.63, 3.8) is 0 Å². The molecule has 0 aliphatic heterocycles. The highest BCUT2D eigenvalue weighted by atomic mass is 16.5. The highest BCUT2D eigenvalue weighted by Gasteiger charge is 2.65. The molecule has 4 rings (SSSR count). The van der Waals surface area contributed by atoms with E-state index in [2.05, 4.69) is 47.6 Å². The molecule has 4 nitrogen and oxygen atoms in total. The zero-order valence-electron chi connectivity index (χ0n) is 24.1. The number of hydrogen-bond donors (Lipinski definition) is 1. The van der Waals surface area contributed by atoms with Gasteiger partial charge in [0.25, 0.3) is 0 Å². The first-order valence-electron chi connectivity index (χ1n) is 14.5. The largest absolute Gasteiger partial charge is 0.478 e. The predicted octanol–water partition coefficient (Wildman–Crippen LogP) is 7.97. The second kappa shape index (κ2) is 9.31. The fourth-order valence-electron chi connectivity index (χ4n) is 9.90. The lowest BCUT2D eigenvalue weighted by molar-refractivity contribution is -0.174. The second-order valence-corrected chi connectivity index (χ2v) is 14.1. The average molecular weight is 499 g/mol. The van der Waals surface area contributed by atoms with Crippen molar-refractivity contribution >= 4 is 11.9 Å². The highest BCUT2D eigenvalue weighted by molar-refractivity contribution is 5.85. The van der Waals surface area contributed by atoms with Crippen molar-refractivity contribution in [1.82, 2.24) is 0 Å². The van der Waals surface area contributed by atoms with Gasteiger partial charge in [-0.1, -0.05) is 59.3 Å². The third kappa shape index (κ3) is 4.09. The minimum Gasteiger partial charge on any atom is -0.478 e. The first-order valence-corrected chi connectivity index (χ1v) is 14.5. The number of aliphatic carboxylic acids is 1. The standard InChI is InChI=1S/C32H50O4/c1-20(10-9-11-21(2)28(34)35)23-14-18-32(8)25-12-13-26-29(4,5)27(36-22(3)33)16-17-30(26,6)24(25)15-19-31(23,32)7/h11-12,20,23-24,26-27H,9-10,13-19H2,1-8H3,(H,34,35)/b21-11-/t20-,23-,24-,26-,27?,30+,31-,32+/m0/s1. The number of hydrogen-bond acceptors (Lipinski definition) is 3. The Hall–Kier alpha value is -1.58. The van der Waals surface area contributed by atoms with E-state index in [0.717, 1.165) is 32.1 Å². The zero-order valence-corrected chi connectivity index (χ0v) is 24.1. The number of esters is 1.